The van der Waals surface area contributed by atoms with E-state index in [1.165, 1.54) is 37.3 Å². The minimum Gasteiger partial charge on any atom is -0.493 e. The van der Waals surface area contributed by atoms with Gasteiger partial charge < -0.3 is 19.7 Å². The van der Waals surface area contributed by atoms with Crippen molar-refractivity contribution in [1.82, 2.24) is 10.2 Å². The predicted molar refractivity (Wildman–Crippen MR) is 179 cm³/mol. The molecule has 9 nitrogen and oxygen atoms in total. The molecule has 0 saturated carbocycles. The van der Waals surface area contributed by atoms with Crippen LogP contribution in [0, 0.1) is 6.92 Å². The fraction of sp³-hybridized carbons (Fsp3) is 0.278. The van der Waals surface area contributed by atoms with E-state index in [-0.39, 0.29) is 29.5 Å². The van der Waals surface area contributed by atoms with Gasteiger partial charge in [0.05, 0.1) is 24.8 Å². The summed E-state index contributed by atoms with van der Waals surface area (Å²) in [4.78, 5) is 29.6. The number of nitrogens with zero attached hydrogens (tertiary/aromatic N) is 2. The van der Waals surface area contributed by atoms with Gasteiger partial charge in [0.2, 0.25) is 11.8 Å². The molecule has 0 aliphatic carbocycles. The van der Waals surface area contributed by atoms with Crippen molar-refractivity contribution in [1.29, 1.82) is 0 Å². The summed E-state index contributed by atoms with van der Waals surface area (Å²) in [5.74, 6) is -0.226. The smallest absolute Gasteiger partial charge is 0.264 e. The number of aryl methyl sites for hydroxylation is 1. The van der Waals surface area contributed by atoms with Crippen molar-refractivity contribution in [2.45, 2.75) is 44.2 Å². The maximum atomic E-state index is 14.5. The van der Waals surface area contributed by atoms with Gasteiger partial charge in [-0.1, -0.05) is 85.3 Å². The van der Waals surface area contributed by atoms with Crippen LogP contribution in [-0.2, 0) is 32.6 Å². The van der Waals surface area contributed by atoms with Gasteiger partial charge in [-0.15, -0.1) is 0 Å². The van der Waals surface area contributed by atoms with Crippen LogP contribution >= 0.6 is 0 Å². The Morgan fingerprint density at radius 3 is 2.00 bits per heavy atom. The number of carbonyl (C=O) groups excluding carboxylic acids is 2. The van der Waals surface area contributed by atoms with E-state index in [0.29, 0.717) is 18.0 Å². The molecule has 0 heterocycles. The maximum absolute atomic E-state index is 14.5. The second-order valence-corrected chi connectivity index (χ2v) is 12.7. The van der Waals surface area contributed by atoms with E-state index in [9.17, 15) is 18.0 Å². The first-order valence-corrected chi connectivity index (χ1v) is 16.6. The SMILES string of the molecule is CCCNC(=O)[C@H](Cc1ccccc1)N(Cc1ccccc1)C(=O)CN(c1ccc(C)cc1)S(=O)(=O)c1ccc(OC)c(OC)c1. The monoisotopic (exact) mass is 643 g/mol. The Hall–Kier alpha value is -4.83. The Bertz CT molecular complexity index is 1700. The van der Waals surface area contributed by atoms with E-state index in [1.54, 1.807) is 24.3 Å². The van der Waals surface area contributed by atoms with Gasteiger partial charge in [-0.3, -0.25) is 13.9 Å². The van der Waals surface area contributed by atoms with Crippen LogP contribution < -0.4 is 19.1 Å². The molecule has 0 spiro atoms. The van der Waals surface area contributed by atoms with Crippen LogP contribution in [0.2, 0.25) is 0 Å². The van der Waals surface area contributed by atoms with E-state index >= 15 is 0 Å². The lowest BCUT2D eigenvalue weighted by Crippen LogP contribution is -2.53. The molecule has 242 valence electrons. The first-order chi connectivity index (χ1) is 22.2. The molecule has 0 aliphatic heterocycles. The Morgan fingerprint density at radius 1 is 0.804 bits per heavy atom. The summed E-state index contributed by atoms with van der Waals surface area (Å²) >= 11 is 0. The summed E-state index contributed by atoms with van der Waals surface area (Å²) < 4.78 is 40.4. The van der Waals surface area contributed by atoms with E-state index in [0.717, 1.165) is 27.4 Å². The molecule has 0 unspecified atom stereocenters. The topological polar surface area (TPSA) is 105 Å². The van der Waals surface area contributed by atoms with Gasteiger partial charge in [0.15, 0.2) is 11.5 Å². The van der Waals surface area contributed by atoms with Gasteiger partial charge in [-0.2, -0.15) is 0 Å². The molecule has 2 amide bonds. The zero-order valence-electron chi connectivity index (χ0n) is 26.7. The Morgan fingerprint density at radius 2 is 1.41 bits per heavy atom. The Labute approximate surface area is 271 Å². The van der Waals surface area contributed by atoms with Crippen molar-refractivity contribution in [2.24, 2.45) is 0 Å². The molecule has 0 bridgehead atoms. The fourth-order valence-corrected chi connectivity index (χ4v) is 6.47. The zero-order chi connectivity index (χ0) is 33.1. The van der Waals surface area contributed by atoms with Crippen LogP contribution in [-0.4, -0.2) is 58.5 Å². The van der Waals surface area contributed by atoms with Gasteiger partial charge in [0, 0.05) is 25.6 Å². The molecular formula is C36H41N3O6S. The van der Waals surface area contributed by atoms with E-state index in [1.807, 2.05) is 74.5 Å². The van der Waals surface area contributed by atoms with Crippen molar-refractivity contribution >= 4 is 27.5 Å². The van der Waals surface area contributed by atoms with Crippen molar-refractivity contribution in [3.63, 3.8) is 0 Å². The average molecular weight is 644 g/mol. The first-order valence-electron chi connectivity index (χ1n) is 15.1. The highest BCUT2D eigenvalue weighted by Gasteiger charge is 2.35. The third kappa shape index (κ3) is 8.45. The molecule has 1 atom stereocenters. The van der Waals surface area contributed by atoms with Crippen molar-refractivity contribution < 1.29 is 27.5 Å². The highest BCUT2D eigenvalue weighted by molar-refractivity contribution is 7.92. The van der Waals surface area contributed by atoms with Gasteiger partial charge >= 0.3 is 0 Å². The molecule has 4 rings (SSSR count). The molecule has 1 N–H and O–H groups in total. The van der Waals surface area contributed by atoms with E-state index < -0.39 is 28.5 Å². The molecule has 0 radical (unpaired) electrons. The van der Waals surface area contributed by atoms with Crippen LogP contribution in [0.1, 0.15) is 30.0 Å². The number of nitrogens with one attached hydrogen (secondary N) is 1. The highest BCUT2D eigenvalue weighted by Crippen LogP contribution is 2.32. The summed E-state index contributed by atoms with van der Waals surface area (Å²) in [5.41, 5.74) is 2.92. The average Bonchev–Trinajstić information content (AvgIpc) is 3.08. The maximum Gasteiger partial charge on any atom is 0.264 e. The first kappa shape index (κ1) is 34.1. The molecule has 0 fully saturated rings. The number of carbonyl (C=O) groups is 2. The standard InChI is InChI=1S/C36H41N3O6S/c1-5-22-37-36(41)32(23-28-12-8-6-9-13-28)38(25-29-14-10-7-11-15-29)35(40)26-39(30-18-16-27(2)17-19-30)46(42,43)31-20-21-33(44-3)34(24-31)45-4/h6-21,24,32H,5,22-23,25-26H2,1-4H3,(H,37,41)/t32-/m0/s1. The molecule has 4 aromatic rings. The van der Waals surface area contributed by atoms with E-state index in [4.69, 9.17) is 9.47 Å². The summed E-state index contributed by atoms with van der Waals surface area (Å²) in [6, 6.07) is 29.1. The molecule has 0 aromatic heterocycles. The quantitative estimate of drug-likeness (QED) is 0.187. The molecule has 46 heavy (non-hydrogen) atoms. The zero-order valence-corrected chi connectivity index (χ0v) is 27.5. The normalized spacial score (nSPS) is 11.7. The van der Waals surface area contributed by atoms with Crippen LogP contribution in [0.25, 0.3) is 0 Å². The third-order valence-electron chi connectivity index (χ3n) is 7.56. The molecule has 0 saturated heterocycles. The Kier molecular flexibility index (Phi) is 11.8. The third-order valence-corrected chi connectivity index (χ3v) is 9.33. The van der Waals surface area contributed by atoms with Crippen molar-refractivity contribution in [3.8, 4) is 11.5 Å². The van der Waals surface area contributed by atoms with Crippen LogP contribution in [0.5, 0.6) is 11.5 Å². The lowest BCUT2D eigenvalue weighted by Gasteiger charge is -2.34. The summed E-state index contributed by atoms with van der Waals surface area (Å²) in [7, 11) is -1.41. The molecule has 4 aromatic carbocycles. The van der Waals surface area contributed by atoms with Gasteiger partial charge in [-0.25, -0.2) is 8.42 Å². The number of rotatable bonds is 15. The van der Waals surface area contributed by atoms with Crippen molar-refractivity contribution in [3.05, 3.63) is 120 Å². The number of sulfonamides is 1. The summed E-state index contributed by atoms with van der Waals surface area (Å²) in [5, 5.41) is 2.95. The highest BCUT2D eigenvalue weighted by atomic mass is 32.2. The molecular weight excluding hydrogens is 602 g/mol. The summed E-state index contributed by atoms with van der Waals surface area (Å²) in [6.45, 7) is 3.86. The lowest BCUT2D eigenvalue weighted by atomic mass is 10.0. The number of ether oxygens (including phenoxy) is 2. The van der Waals surface area contributed by atoms with E-state index in [2.05, 4.69) is 5.32 Å². The summed E-state index contributed by atoms with van der Waals surface area (Å²) in [6.07, 6.45) is 0.975. The largest absolute Gasteiger partial charge is 0.493 e. The number of anilines is 1. The van der Waals surface area contributed by atoms with Gasteiger partial charge in [-0.05, 0) is 48.7 Å². The Balaban J connectivity index is 1.80. The molecule has 0 aliphatic rings. The van der Waals surface area contributed by atoms with Gasteiger partial charge in [0.25, 0.3) is 10.0 Å². The number of methoxy groups -OCH3 is 2. The second kappa shape index (κ2) is 15.9. The number of amides is 2. The second-order valence-electron chi connectivity index (χ2n) is 10.9. The van der Waals surface area contributed by atoms with Gasteiger partial charge in [0.1, 0.15) is 12.6 Å². The molecule has 10 heteroatoms. The van der Waals surface area contributed by atoms with Crippen LogP contribution in [0.3, 0.4) is 0 Å². The predicted octanol–water partition coefficient (Wildman–Crippen LogP) is 5.37. The minimum atomic E-state index is -4.30. The number of hydrogen-bond acceptors (Lipinski definition) is 6. The fourth-order valence-electron chi connectivity index (χ4n) is 5.04. The number of hydrogen-bond donors (Lipinski definition) is 1. The van der Waals surface area contributed by atoms with Crippen LogP contribution in [0.4, 0.5) is 5.69 Å². The number of benzene rings is 4. The van der Waals surface area contributed by atoms with Crippen molar-refractivity contribution in [2.75, 3.05) is 31.6 Å². The minimum absolute atomic E-state index is 0.0744. The van der Waals surface area contributed by atoms with Crippen LogP contribution in [0.15, 0.2) is 108 Å². The lowest BCUT2D eigenvalue weighted by molar-refractivity contribution is -0.140.